The van der Waals surface area contributed by atoms with Crippen LogP contribution in [0.1, 0.15) is 41.4 Å². The second kappa shape index (κ2) is 7.02. The number of nitrogens with one attached hydrogen (secondary N) is 1. The topological polar surface area (TPSA) is 115 Å². The molecule has 1 fully saturated rings. The van der Waals surface area contributed by atoms with Gasteiger partial charge < -0.3 is 11.1 Å². The maximum absolute atomic E-state index is 14.8. The van der Waals surface area contributed by atoms with Crippen LogP contribution >= 0.6 is 11.6 Å². The fourth-order valence-electron chi connectivity index (χ4n) is 4.35. The zero-order valence-electron chi connectivity index (χ0n) is 16.3. The molecule has 2 aliphatic heterocycles. The molecule has 2 aromatic rings. The van der Waals surface area contributed by atoms with Crippen molar-refractivity contribution in [2.45, 2.75) is 42.7 Å². The number of anilines is 1. The van der Waals surface area contributed by atoms with Crippen molar-refractivity contribution in [3.8, 4) is 0 Å². The summed E-state index contributed by atoms with van der Waals surface area (Å²) < 4.78 is 40.5. The molecule has 3 N–H and O–H groups in total. The van der Waals surface area contributed by atoms with E-state index in [1.165, 1.54) is 24.4 Å². The fraction of sp³-hybridized carbons (Fsp3) is 0.350. The Morgan fingerprint density at radius 3 is 2.77 bits per heavy atom. The van der Waals surface area contributed by atoms with E-state index in [1.807, 2.05) is 0 Å². The standard InChI is InChI=1S/C20H20ClFN4O3S/c1-10-7-11(21)9-24-17(10)19(27)25-12-3-4-14(22)13(8-12)20(2)16-6-5-15(18(23)26-20)30(16,28)29/h3-4,7-9,15-16H,5-6H2,1-2H3,(H2,23,26)(H,25,27)/t15-,16+,20+/m0/s1. The second-order valence-electron chi connectivity index (χ2n) is 7.80. The molecule has 0 aliphatic carbocycles. The van der Waals surface area contributed by atoms with Crippen molar-refractivity contribution < 1.29 is 17.6 Å². The Bertz CT molecular complexity index is 1200. The zero-order valence-corrected chi connectivity index (χ0v) is 17.9. The summed E-state index contributed by atoms with van der Waals surface area (Å²) in [5.74, 6) is -1.11. The Morgan fingerprint density at radius 2 is 2.07 bits per heavy atom. The van der Waals surface area contributed by atoms with Crippen LogP contribution in [0.3, 0.4) is 0 Å². The molecule has 3 heterocycles. The van der Waals surface area contributed by atoms with Crippen molar-refractivity contribution in [2.75, 3.05) is 5.32 Å². The largest absolute Gasteiger partial charge is 0.386 e. The van der Waals surface area contributed by atoms with Crippen LogP contribution in [0.4, 0.5) is 10.1 Å². The molecule has 1 amide bonds. The molecular weight excluding hydrogens is 431 g/mol. The number of hydrogen-bond donors (Lipinski definition) is 2. The van der Waals surface area contributed by atoms with Gasteiger partial charge in [0.05, 0.1) is 10.3 Å². The first-order valence-electron chi connectivity index (χ1n) is 9.35. The van der Waals surface area contributed by atoms with E-state index in [1.54, 1.807) is 19.9 Å². The lowest BCUT2D eigenvalue weighted by Gasteiger charge is -2.36. The number of halogens is 2. The molecule has 10 heteroatoms. The fourth-order valence-corrected chi connectivity index (χ4v) is 7.10. The van der Waals surface area contributed by atoms with Crippen LogP contribution in [0.15, 0.2) is 35.5 Å². The molecule has 1 aromatic carbocycles. The molecule has 4 rings (SSSR count). The maximum atomic E-state index is 14.8. The van der Waals surface area contributed by atoms with Gasteiger partial charge in [-0.05, 0) is 56.5 Å². The van der Waals surface area contributed by atoms with E-state index in [0.717, 1.165) is 0 Å². The molecule has 7 nitrogen and oxygen atoms in total. The third-order valence-corrected chi connectivity index (χ3v) is 8.80. The van der Waals surface area contributed by atoms with Crippen LogP contribution in [-0.2, 0) is 15.4 Å². The van der Waals surface area contributed by atoms with Gasteiger partial charge in [-0.25, -0.2) is 17.8 Å². The number of nitrogens with zero attached hydrogens (tertiary/aromatic N) is 2. The highest BCUT2D eigenvalue weighted by Gasteiger charge is 2.57. The van der Waals surface area contributed by atoms with E-state index < -0.39 is 37.6 Å². The monoisotopic (exact) mass is 450 g/mol. The van der Waals surface area contributed by atoms with Gasteiger partial charge in [0.1, 0.15) is 28.1 Å². The molecule has 0 unspecified atom stereocenters. The molecule has 2 bridgehead atoms. The number of amidine groups is 1. The van der Waals surface area contributed by atoms with Gasteiger partial charge in [0.25, 0.3) is 5.91 Å². The predicted octanol–water partition coefficient (Wildman–Crippen LogP) is 2.97. The number of rotatable bonds is 3. The molecule has 0 radical (unpaired) electrons. The van der Waals surface area contributed by atoms with Crippen LogP contribution in [0.2, 0.25) is 5.02 Å². The molecule has 30 heavy (non-hydrogen) atoms. The SMILES string of the molecule is Cc1cc(Cl)cnc1C(=O)Nc1ccc(F)c([C@@]2(C)N=C(N)[C@@H]3CC[C@H]2S3(=O)=O)c1. The average Bonchev–Trinajstić information content (AvgIpc) is 2.89. The number of benzene rings is 1. The zero-order chi connectivity index (χ0) is 21.8. The Balaban J connectivity index is 1.72. The van der Waals surface area contributed by atoms with Gasteiger partial charge in [-0.3, -0.25) is 9.79 Å². The first kappa shape index (κ1) is 20.7. The molecule has 158 valence electrons. The normalized spacial score (nSPS) is 26.9. The number of aromatic nitrogens is 1. The summed E-state index contributed by atoms with van der Waals surface area (Å²) in [6, 6.07) is 5.59. The highest BCUT2D eigenvalue weighted by atomic mass is 35.5. The first-order valence-corrected chi connectivity index (χ1v) is 11.3. The Hall–Kier alpha value is -2.52. The predicted molar refractivity (Wildman–Crippen MR) is 113 cm³/mol. The van der Waals surface area contributed by atoms with Crippen molar-refractivity contribution in [2.24, 2.45) is 10.7 Å². The van der Waals surface area contributed by atoms with Crippen molar-refractivity contribution in [1.82, 2.24) is 4.98 Å². The number of sulfone groups is 1. The van der Waals surface area contributed by atoms with Crippen molar-refractivity contribution in [3.63, 3.8) is 0 Å². The lowest BCUT2D eigenvalue weighted by molar-refractivity contribution is 0.102. The summed E-state index contributed by atoms with van der Waals surface area (Å²) >= 11 is 5.88. The summed E-state index contributed by atoms with van der Waals surface area (Å²) in [6.07, 6.45) is 2.08. The van der Waals surface area contributed by atoms with Crippen molar-refractivity contribution in [1.29, 1.82) is 0 Å². The minimum atomic E-state index is -3.57. The van der Waals surface area contributed by atoms with Crippen molar-refractivity contribution >= 4 is 38.9 Å². The van der Waals surface area contributed by atoms with Gasteiger partial charge in [0.15, 0.2) is 9.84 Å². The van der Waals surface area contributed by atoms with Gasteiger partial charge >= 0.3 is 0 Å². The smallest absolute Gasteiger partial charge is 0.274 e. The lowest BCUT2D eigenvalue weighted by atomic mass is 9.86. The summed E-state index contributed by atoms with van der Waals surface area (Å²) in [7, 11) is -3.57. The van der Waals surface area contributed by atoms with Gasteiger partial charge in [0, 0.05) is 17.4 Å². The summed E-state index contributed by atoms with van der Waals surface area (Å²) in [5, 5.41) is 1.41. The number of fused-ring (bicyclic) bond motifs is 2. The number of hydrogen-bond acceptors (Lipinski definition) is 6. The summed E-state index contributed by atoms with van der Waals surface area (Å²) in [6.45, 7) is 3.27. The molecule has 2 aliphatic rings. The molecule has 1 saturated heterocycles. The number of carbonyl (C=O) groups is 1. The molecular formula is C20H20ClFN4O3S. The summed E-state index contributed by atoms with van der Waals surface area (Å²) in [5.41, 5.74) is 5.68. The third-order valence-electron chi connectivity index (χ3n) is 5.83. The highest BCUT2D eigenvalue weighted by Crippen LogP contribution is 2.47. The number of carbonyl (C=O) groups excluding carboxylic acids is 1. The van der Waals surface area contributed by atoms with E-state index in [2.05, 4.69) is 15.3 Å². The molecule has 0 saturated carbocycles. The van der Waals surface area contributed by atoms with E-state index in [-0.39, 0.29) is 17.1 Å². The Morgan fingerprint density at radius 1 is 1.33 bits per heavy atom. The summed E-state index contributed by atoms with van der Waals surface area (Å²) in [4.78, 5) is 21.1. The van der Waals surface area contributed by atoms with E-state index in [0.29, 0.717) is 29.1 Å². The first-order chi connectivity index (χ1) is 14.0. The highest BCUT2D eigenvalue weighted by molar-refractivity contribution is 7.93. The number of aryl methyl sites for hydroxylation is 1. The van der Waals surface area contributed by atoms with Gasteiger partial charge in [-0.2, -0.15) is 0 Å². The van der Waals surface area contributed by atoms with Crippen molar-refractivity contribution in [3.05, 3.63) is 58.1 Å². The van der Waals surface area contributed by atoms with Gasteiger partial charge in [-0.1, -0.05) is 11.6 Å². The number of pyridine rings is 1. The van der Waals surface area contributed by atoms with E-state index in [9.17, 15) is 17.6 Å². The quantitative estimate of drug-likeness (QED) is 0.746. The molecule has 3 atom stereocenters. The van der Waals surface area contributed by atoms with Crippen LogP contribution in [0.25, 0.3) is 0 Å². The van der Waals surface area contributed by atoms with Crippen LogP contribution < -0.4 is 11.1 Å². The third kappa shape index (κ3) is 3.16. The minimum absolute atomic E-state index is 0.000998. The molecule has 1 aromatic heterocycles. The minimum Gasteiger partial charge on any atom is -0.386 e. The Labute approximate surface area is 178 Å². The number of nitrogens with two attached hydrogens (primary N) is 1. The van der Waals surface area contributed by atoms with Crippen LogP contribution in [-0.4, -0.2) is 35.6 Å². The van der Waals surface area contributed by atoms with Crippen LogP contribution in [0.5, 0.6) is 0 Å². The molecule has 0 spiro atoms. The second-order valence-corrected chi connectivity index (χ2v) is 10.5. The van der Waals surface area contributed by atoms with Gasteiger partial charge in [0.2, 0.25) is 0 Å². The van der Waals surface area contributed by atoms with E-state index >= 15 is 0 Å². The van der Waals surface area contributed by atoms with E-state index in [4.69, 9.17) is 17.3 Å². The number of aliphatic imine (C=N–C) groups is 1. The Kier molecular flexibility index (Phi) is 4.85. The van der Waals surface area contributed by atoms with Crippen LogP contribution in [0, 0.1) is 12.7 Å². The average molecular weight is 451 g/mol. The maximum Gasteiger partial charge on any atom is 0.274 e. The van der Waals surface area contributed by atoms with Gasteiger partial charge in [-0.15, -0.1) is 0 Å². The number of amides is 1. The lowest BCUT2D eigenvalue weighted by Crippen LogP contribution is -2.49.